The molecule has 2 N–H and O–H groups in total. The summed E-state index contributed by atoms with van der Waals surface area (Å²) in [6, 6.07) is 8.08. The van der Waals surface area contributed by atoms with Crippen molar-refractivity contribution in [3.63, 3.8) is 0 Å². The molecule has 0 aliphatic heterocycles. The average Bonchev–Trinajstić information content (AvgIpc) is 2.31. The van der Waals surface area contributed by atoms with Crippen molar-refractivity contribution < 1.29 is 4.74 Å². The molecule has 0 amide bonds. The number of hydrogen-bond donors (Lipinski definition) is 2. The molecule has 0 aliphatic carbocycles. The molecule has 16 heavy (non-hydrogen) atoms. The van der Waals surface area contributed by atoms with E-state index in [1.54, 1.807) is 0 Å². The number of rotatable bonds is 8. The SMILES string of the molecule is CCOc1ccccc1NCCCCNC. The molecule has 90 valence electrons. The van der Waals surface area contributed by atoms with Crippen LogP contribution in [0.3, 0.4) is 0 Å². The van der Waals surface area contributed by atoms with Gasteiger partial charge in [-0.05, 0) is 45.5 Å². The van der Waals surface area contributed by atoms with Crippen molar-refractivity contribution in [1.29, 1.82) is 0 Å². The maximum atomic E-state index is 5.54. The third kappa shape index (κ3) is 4.53. The predicted molar refractivity (Wildman–Crippen MR) is 69.3 cm³/mol. The first-order valence-corrected chi connectivity index (χ1v) is 5.98. The fourth-order valence-electron chi connectivity index (χ4n) is 1.54. The van der Waals surface area contributed by atoms with Crippen LogP contribution in [0.1, 0.15) is 19.8 Å². The second kappa shape index (κ2) is 7.99. The summed E-state index contributed by atoms with van der Waals surface area (Å²) in [5, 5.41) is 6.55. The third-order valence-electron chi connectivity index (χ3n) is 2.36. The normalized spacial score (nSPS) is 10.1. The van der Waals surface area contributed by atoms with Gasteiger partial charge in [0.05, 0.1) is 12.3 Å². The van der Waals surface area contributed by atoms with Crippen LogP contribution in [0.2, 0.25) is 0 Å². The van der Waals surface area contributed by atoms with E-state index in [0.717, 1.165) is 24.5 Å². The molecule has 0 aromatic heterocycles. The van der Waals surface area contributed by atoms with Crippen molar-refractivity contribution in [3.8, 4) is 5.75 Å². The molecule has 0 saturated heterocycles. The first-order chi connectivity index (χ1) is 7.88. The van der Waals surface area contributed by atoms with Crippen molar-refractivity contribution in [3.05, 3.63) is 24.3 Å². The van der Waals surface area contributed by atoms with Crippen molar-refractivity contribution in [2.45, 2.75) is 19.8 Å². The fraction of sp³-hybridized carbons (Fsp3) is 0.538. The molecule has 0 unspecified atom stereocenters. The molecule has 3 nitrogen and oxygen atoms in total. The molecule has 1 rings (SSSR count). The third-order valence-corrected chi connectivity index (χ3v) is 2.36. The minimum Gasteiger partial charge on any atom is -0.492 e. The monoisotopic (exact) mass is 222 g/mol. The molecule has 0 fully saturated rings. The number of anilines is 1. The minimum absolute atomic E-state index is 0.707. The number of para-hydroxylation sites is 2. The van der Waals surface area contributed by atoms with Gasteiger partial charge in [0.2, 0.25) is 0 Å². The summed E-state index contributed by atoms with van der Waals surface area (Å²) in [5.74, 6) is 0.943. The van der Waals surface area contributed by atoms with Gasteiger partial charge in [-0.1, -0.05) is 12.1 Å². The molecular formula is C13H22N2O. The van der Waals surface area contributed by atoms with E-state index in [4.69, 9.17) is 4.74 Å². The van der Waals surface area contributed by atoms with Crippen molar-refractivity contribution in [1.82, 2.24) is 5.32 Å². The van der Waals surface area contributed by atoms with E-state index < -0.39 is 0 Å². The van der Waals surface area contributed by atoms with Gasteiger partial charge in [-0.15, -0.1) is 0 Å². The molecule has 0 bridgehead atoms. The van der Waals surface area contributed by atoms with Gasteiger partial charge in [0, 0.05) is 6.54 Å². The number of hydrogen-bond acceptors (Lipinski definition) is 3. The van der Waals surface area contributed by atoms with Crippen LogP contribution in [0.15, 0.2) is 24.3 Å². The summed E-state index contributed by atoms with van der Waals surface area (Å²) in [5.41, 5.74) is 1.09. The lowest BCUT2D eigenvalue weighted by molar-refractivity contribution is 0.341. The molecule has 0 spiro atoms. The van der Waals surface area contributed by atoms with Crippen LogP contribution in [-0.4, -0.2) is 26.7 Å². The first kappa shape index (κ1) is 12.8. The van der Waals surface area contributed by atoms with Gasteiger partial charge in [-0.2, -0.15) is 0 Å². The highest BCUT2D eigenvalue weighted by molar-refractivity contribution is 5.56. The van der Waals surface area contributed by atoms with Crippen LogP contribution in [0.5, 0.6) is 5.75 Å². The Kier molecular flexibility index (Phi) is 6.42. The van der Waals surface area contributed by atoms with E-state index in [0.29, 0.717) is 6.61 Å². The van der Waals surface area contributed by atoms with Crippen molar-refractivity contribution >= 4 is 5.69 Å². The molecule has 0 radical (unpaired) electrons. The van der Waals surface area contributed by atoms with Gasteiger partial charge >= 0.3 is 0 Å². The van der Waals surface area contributed by atoms with E-state index >= 15 is 0 Å². The lowest BCUT2D eigenvalue weighted by Gasteiger charge is -2.11. The molecule has 3 heteroatoms. The van der Waals surface area contributed by atoms with Crippen LogP contribution in [0, 0.1) is 0 Å². The van der Waals surface area contributed by atoms with E-state index in [1.807, 2.05) is 32.2 Å². The Balaban J connectivity index is 2.34. The predicted octanol–water partition coefficient (Wildman–Crippen LogP) is 2.50. The zero-order valence-corrected chi connectivity index (χ0v) is 10.3. The molecule has 0 aliphatic rings. The molecular weight excluding hydrogens is 200 g/mol. The summed E-state index contributed by atoms with van der Waals surface area (Å²) >= 11 is 0. The average molecular weight is 222 g/mol. The summed E-state index contributed by atoms with van der Waals surface area (Å²) in [4.78, 5) is 0. The Morgan fingerprint density at radius 3 is 2.62 bits per heavy atom. The summed E-state index contributed by atoms with van der Waals surface area (Å²) in [6.45, 7) is 4.78. The van der Waals surface area contributed by atoms with Gasteiger partial charge in [0.25, 0.3) is 0 Å². The standard InChI is InChI=1S/C13H22N2O/c1-3-16-13-9-5-4-8-12(13)15-11-7-6-10-14-2/h4-5,8-9,14-15H,3,6-7,10-11H2,1-2H3. The maximum Gasteiger partial charge on any atom is 0.142 e. The molecule has 0 atom stereocenters. The Morgan fingerprint density at radius 2 is 1.88 bits per heavy atom. The quantitative estimate of drug-likeness (QED) is 0.663. The van der Waals surface area contributed by atoms with Gasteiger partial charge in [-0.25, -0.2) is 0 Å². The molecule has 1 aromatic carbocycles. The van der Waals surface area contributed by atoms with E-state index in [9.17, 15) is 0 Å². The first-order valence-electron chi connectivity index (χ1n) is 5.98. The number of benzene rings is 1. The van der Waals surface area contributed by atoms with Crippen LogP contribution in [0.4, 0.5) is 5.69 Å². The van der Waals surface area contributed by atoms with Gasteiger partial charge in [0.1, 0.15) is 5.75 Å². The fourth-order valence-corrected chi connectivity index (χ4v) is 1.54. The largest absolute Gasteiger partial charge is 0.492 e. The Morgan fingerprint density at radius 1 is 1.12 bits per heavy atom. The van der Waals surface area contributed by atoms with Gasteiger partial charge in [0.15, 0.2) is 0 Å². The van der Waals surface area contributed by atoms with E-state index in [1.165, 1.54) is 12.8 Å². The van der Waals surface area contributed by atoms with Crippen LogP contribution in [0.25, 0.3) is 0 Å². The second-order valence-corrected chi connectivity index (χ2v) is 3.67. The summed E-state index contributed by atoms with van der Waals surface area (Å²) in [6.07, 6.45) is 2.36. The van der Waals surface area contributed by atoms with Gasteiger partial charge in [-0.3, -0.25) is 0 Å². The summed E-state index contributed by atoms with van der Waals surface area (Å²) < 4.78 is 5.54. The highest BCUT2D eigenvalue weighted by Crippen LogP contribution is 2.23. The highest BCUT2D eigenvalue weighted by atomic mass is 16.5. The van der Waals surface area contributed by atoms with E-state index in [2.05, 4.69) is 16.7 Å². The summed E-state index contributed by atoms with van der Waals surface area (Å²) in [7, 11) is 1.98. The van der Waals surface area contributed by atoms with Crippen LogP contribution >= 0.6 is 0 Å². The molecule has 0 saturated carbocycles. The van der Waals surface area contributed by atoms with Gasteiger partial charge < -0.3 is 15.4 Å². The second-order valence-electron chi connectivity index (χ2n) is 3.67. The highest BCUT2D eigenvalue weighted by Gasteiger charge is 2.00. The Labute approximate surface area is 98.2 Å². The smallest absolute Gasteiger partial charge is 0.142 e. The Bertz CT molecular complexity index is 289. The van der Waals surface area contributed by atoms with Crippen LogP contribution in [-0.2, 0) is 0 Å². The van der Waals surface area contributed by atoms with Crippen molar-refractivity contribution in [2.75, 3.05) is 32.1 Å². The minimum atomic E-state index is 0.707. The zero-order chi connectivity index (χ0) is 11.6. The molecule has 0 heterocycles. The lowest BCUT2D eigenvalue weighted by atomic mass is 10.2. The van der Waals surface area contributed by atoms with Crippen molar-refractivity contribution in [2.24, 2.45) is 0 Å². The molecule has 1 aromatic rings. The lowest BCUT2D eigenvalue weighted by Crippen LogP contribution is -2.10. The van der Waals surface area contributed by atoms with E-state index in [-0.39, 0.29) is 0 Å². The van der Waals surface area contributed by atoms with Crippen LogP contribution < -0.4 is 15.4 Å². The number of ether oxygens (including phenoxy) is 1. The zero-order valence-electron chi connectivity index (χ0n) is 10.3. The number of nitrogens with one attached hydrogen (secondary N) is 2. The maximum absolute atomic E-state index is 5.54. The topological polar surface area (TPSA) is 33.3 Å². The number of unbranched alkanes of at least 4 members (excludes halogenated alkanes) is 1. The Hall–Kier alpha value is -1.22.